The standard InChI is InChI=1S/C21H25.C15H14.C5H5.2ClH.Zr/c1-20(2,3)16-9-7-14-11-15-8-10-17(21(4,5)6)13-19(15)18(14)12-16;1-3-8-14(9-4-1)12-7-13-15-10-5-2-6-11-15;1-2-4-5-3-1;;;/h7-13H,1-6H3;1-6,8-11H,12-13H2;1-3H,4H2;2*1H;/q-1;;-1;;;+2/p-2. The third-order valence-corrected chi connectivity index (χ3v) is 8.42. The average Bonchev–Trinajstić information content (AvgIpc) is 3.65. The SMILES string of the molecule is CC(C)(C)c1ccc2[cH-]c3ccc(C(C)(C)C)cc3c2c1.[C-]1=CC=CC1.[Cl-].[Cl-].[Zr+2]=[C](Cc1ccccc1)Cc1ccccc1. The molecule has 0 spiro atoms. The summed E-state index contributed by atoms with van der Waals surface area (Å²) in [6.45, 7) is 13.7. The fourth-order valence-corrected chi connectivity index (χ4v) is 6.02. The van der Waals surface area contributed by atoms with Crippen molar-refractivity contribution >= 4 is 24.8 Å². The molecule has 0 atom stereocenters. The van der Waals surface area contributed by atoms with Crippen molar-refractivity contribution in [3.05, 3.63) is 150 Å². The van der Waals surface area contributed by atoms with E-state index in [1.807, 2.05) is 12.2 Å². The normalized spacial score (nSPS) is 12.0. The number of rotatable bonds is 4. The van der Waals surface area contributed by atoms with E-state index in [1.165, 1.54) is 43.8 Å². The van der Waals surface area contributed by atoms with Crippen molar-refractivity contribution in [2.24, 2.45) is 0 Å². The predicted octanol–water partition coefficient (Wildman–Crippen LogP) is 4.81. The third kappa shape index (κ3) is 11.2. The Hall–Kier alpha value is -2.44. The topological polar surface area (TPSA) is 0 Å². The zero-order valence-corrected chi connectivity index (χ0v) is 30.9. The summed E-state index contributed by atoms with van der Waals surface area (Å²) >= 11 is 1.55. The Morgan fingerprint density at radius 2 is 1.09 bits per heavy atom. The molecule has 228 valence electrons. The minimum atomic E-state index is 0. The third-order valence-electron chi connectivity index (χ3n) is 7.55. The van der Waals surface area contributed by atoms with Crippen molar-refractivity contribution in [1.29, 1.82) is 0 Å². The molecule has 1 aliphatic rings. The van der Waals surface area contributed by atoms with Gasteiger partial charge in [0.2, 0.25) is 0 Å². The van der Waals surface area contributed by atoms with Crippen LogP contribution in [0, 0.1) is 6.08 Å². The van der Waals surface area contributed by atoms with Crippen LogP contribution in [0.3, 0.4) is 0 Å². The van der Waals surface area contributed by atoms with Crippen molar-refractivity contribution in [1.82, 2.24) is 0 Å². The van der Waals surface area contributed by atoms with Crippen LogP contribution in [0.1, 0.15) is 70.2 Å². The van der Waals surface area contributed by atoms with Crippen LogP contribution in [0.5, 0.6) is 0 Å². The summed E-state index contributed by atoms with van der Waals surface area (Å²) in [6, 6.07) is 37.6. The molecule has 0 amide bonds. The van der Waals surface area contributed by atoms with Gasteiger partial charge in [-0.2, -0.15) is 6.08 Å². The van der Waals surface area contributed by atoms with Gasteiger partial charge in [-0.15, -0.1) is 46.2 Å². The van der Waals surface area contributed by atoms with Gasteiger partial charge in [0, 0.05) is 0 Å². The van der Waals surface area contributed by atoms with Crippen molar-refractivity contribution < 1.29 is 49.0 Å². The Bertz CT molecular complexity index is 1540. The molecule has 0 aliphatic heterocycles. The summed E-state index contributed by atoms with van der Waals surface area (Å²) in [5.74, 6) is 0. The van der Waals surface area contributed by atoms with Crippen LogP contribution >= 0.6 is 0 Å². The fourth-order valence-electron chi connectivity index (χ4n) is 5.02. The van der Waals surface area contributed by atoms with Crippen LogP contribution in [0.25, 0.3) is 21.5 Å². The first kappa shape index (κ1) is 37.7. The van der Waals surface area contributed by atoms with Crippen LogP contribution < -0.4 is 24.8 Å². The Morgan fingerprint density at radius 1 is 0.659 bits per heavy atom. The maximum atomic E-state index is 2.99. The van der Waals surface area contributed by atoms with Gasteiger partial charge < -0.3 is 24.8 Å². The van der Waals surface area contributed by atoms with Crippen molar-refractivity contribution in [3.8, 4) is 0 Å². The second-order valence-electron chi connectivity index (χ2n) is 13.2. The molecule has 5 aromatic carbocycles. The number of fused-ring (bicyclic) bond motifs is 3. The summed E-state index contributed by atoms with van der Waals surface area (Å²) in [6.07, 6.45) is 12.2. The van der Waals surface area contributed by atoms with E-state index in [0.29, 0.717) is 0 Å². The van der Waals surface area contributed by atoms with E-state index in [-0.39, 0.29) is 35.6 Å². The minimum absolute atomic E-state index is 0. The summed E-state index contributed by atoms with van der Waals surface area (Å²) in [5, 5.41) is 5.49. The number of halogens is 2. The first-order chi connectivity index (χ1) is 20.0. The van der Waals surface area contributed by atoms with Gasteiger partial charge in [-0.1, -0.05) is 76.9 Å². The number of hydrogen-bond acceptors (Lipinski definition) is 0. The summed E-state index contributed by atoms with van der Waals surface area (Å²) < 4.78 is 1.60. The molecule has 0 saturated carbocycles. The molecule has 5 aromatic rings. The van der Waals surface area contributed by atoms with Crippen LogP contribution in [0.15, 0.2) is 121 Å². The second kappa shape index (κ2) is 17.3. The van der Waals surface area contributed by atoms with E-state index in [2.05, 4.69) is 157 Å². The van der Waals surface area contributed by atoms with Gasteiger partial charge in [-0.05, 0) is 10.8 Å². The van der Waals surface area contributed by atoms with E-state index < -0.39 is 0 Å². The van der Waals surface area contributed by atoms with Gasteiger partial charge in [0.05, 0.1) is 0 Å². The average molecular weight is 699 g/mol. The second-order valence-corrected chi connectivity index (χ2v) is 14.9. The first-order valence-electron chi connectivity index (χ1n) is 15.0. The van der Waals surface area contributed by atoms with Gasteiger partial charge in [-0.3, -0.25) is 6.08 Å². The molecule has 0 radical (unpaired) electrons. The van der Waals surface area contributed by atoms with E-state index in [9.17, 15) is 0 Å². The first-order valence-corrected chi connectivity index (χ1v) is 16.2. The molecular formula is C41H44Cl2Zr-2. The molecule has 44 heavy (non-hydrogen) atoms. The predicted molar refractivity (Wildman–Crippen MR) is 181 cm³/mol. The maximum absolute atomic E-state index is 2.99. The van der Waals surface area contributed by atoms with Crippen LogP contribution in [0.4, 0.5) is 0 Å². The molecular weight excluding hydrogens is 655 g/mol. The molecule has 0 saturated heterocycles. The Balaban J connectivity index is 0.000000260. The summed E-state index contributed by atoms with van der Waals surface area (Å²) in [5.41, 5.74) is 6.04. The van der Waals surface area contributed by atoms with E-state index in [4.69, 9.17) is 0 Å². The Morgan fingerprint density at radius 3 is 1.41 bits per heavy atom. The number of benzene rings is 4. The van der Waals surface area contributed by atoms with Gasteiger partial charge in [0.15, 0.2) is 0 Å². The zero-order valence-electron chi connectivity index (χ0n) is 26.9. The van der Waals surface area contributed by atoms with E-state index >= 15 is 0 Å². The molecule has 1 aliphatic carbocycles. The molecule has 6 rings (SSSR count). The van der Waals surface area contributed by atoms with Crippen LogP contribution in [-0.2, 0) is 47.9 Å². The van der Waals surface area contributed by atoms with Gasteiger partial charge in [0.25, 0.3) is 0 Å². The van der Waals surface area contributed by atoms with Crippen molar-refractivity contribution in [2.45, 2.75) is 71.6 Å². The van der Waals surface area contributed by atoms with E-state index in [1.54, 1.807) is 27.4 Å². The number of allylic oxidation sites excluding steroid dienone is 4. The molecule has 0 fully saturated rings. The number of hydrogen-bond donors (Lipinski definition) is 0. The molecule has 0 nitrogen and oxygen atoms in total. The quantitative estimate of drug-likeness (QED) is 0.237. The molecule has 3 heteroatoms. The summed E-state index contributed by atoms with van der Waals surface area (Å²) in [4.78, 5) is 0. The van der Waals surface area contributed by atoms with Gasteiger partial charge in [0.1, 0.15) is 0 Å². The van der Waals surface area contributed by atoms with Gasteiger partial charge >= 0.3 is 112 Å². The molecule has 0 N–H and O–H groups in total. The van der Waals surface area contributed by atoms with Crippen LogP contribution in [0.2, 0.25) is 0 Å². The van der Waals surface area contributed by atoms with Gasteiger partial charge in [-0.25, -0.2) is 12.2 Å². The van der Waals surface area contributed by atoms with Crippen LogP contribution in [-0.4, -0.2) is 3.21 Å². The van der Waals surface area contributed by atoms with E-state index in [0.717, 1.165) is 19.3 Å². The summed E-state index contributed by atoms with van der Waals surface area (Å²) in [7, 11) is 0. The molecule has 0 aromatic heterocycles. The molecule has 0 heterocycles. The molecule has 0 unspecified atom stereocenters. The Labute approximate surface area is 293 Å². The Kier molecular flexibility index (Phi) is 14.9. The monoisotopic (exact) mass is 696 g/mol. The molecule has 0 bridgehead atoms. The van der Waals surface area contributed by atoms with Crippen molar-refractivity contribution in [2.75, 3.05) is 0 Å². The fraction of sp³-hybridized carbons (Fsp3) is 0.268. The van der Waals surface area contributed by atoms with Crippen molar-refractivity contribution in [3.63, 3.8) is 0 Å². The zero-order chi connectivity index (χ0) is 30.2.